The first kappa shape index (κ1) is 29.0. The Hall–Kier alpha value is -6.91. The molecule has 8 aromatic carbocycles. The van der Waals surface area contributed by atoms with Crippen molar-refractivity contribution in [2.24, 2.45) is 0 Å². The Labute approximate surface area is 294 Å². The third-order valence-corrected chi connectivity index (χ3v) is 9.70. The highest BCUT2D eigenvalue weighted by Gasteiger charge is 2.15. The lowest BCUT2D eigenvalue weighted by molar-refractivity contribution is 0.669. The SMILES string of the molecule is c1ccc(-c2ccc(-c3nc(-c4ccc5cc6oc7ccccc7c6cc5c4)nc(-c4ccc5c(-c6ccccc6)cccc5c4)n3)cc2)cc1. The predicted molar refractivity (Wildman–Crippen MR) is 209 cm³/mol. The van der Waals surface area contributed by atoms with E-state index in [1.807, 2.05) is 30.3 Å². The van der Waals surface area contributed by atoms with Gasteiger partial charge >= 0.3 is 0 Å². The third kappa shape index (κ3) is 5.22. The molecule has 238 valence electrons. The van der Waals surface area contributed by atoms with Crippen molar-refractivity contribution >= 4 is 43.5 Å². The van der Waals surface area contributed by atoms with Crippen LogP contribution in [0.2, 0.25) is 0 Å². The van der Waals surface area contributed by atoms with Crippen LogP contribution in [0.25, 0.3) is 99.9 Å². The number of fused-ring (bicyclic) bond motifs is 5. The first-order chi connectivity index (χ1) is 25.2. The Morgan fingerprint density at radius 2 is 0.882 bits per heavy atom. The van der Waals surface area contributed by atoms with E-state index in [1.165, 1.54) is 22.1 Å². The van der Waals surface area contributed by atoms with Gasteiger partial charge in [-0.3, -0.25) is 0 Å². The molecule has 0 bridgehead atoms. The van der Waals surface area contributed by atoms with E-state index in [1.54, 1.807) is 0 Å². The highest BCUT2D eigenvalue weighted by Crippen LogP contribution is 2.35. The van der Waals surface area contributed by atoms with Crippen molar-refractivity contribution in [1.29, 1.82) is 0 Å². The number of rotatable bonds is 5. The minimum Gasteiger partial charge on any atom is -0.456 e. The smallest absolute Gasteiger partial charge is 0.164 e. The van der Waals surface area contributed by atoms with E-state index in [-0.39, 0.29) is 0 Å². The molecular formula is C47H29N3O. The highest BCUT2D eigenvalue weighted by molar-refractivity contribution is 6.10. The van der Waals surface area contributed by atoms with E-state index in [9.17, 15) is 0 Å². The molecule has 0 radical (unpaired) electrons. The monoisotopic (exact) mass is 651 g/mol. The maximum absolute atomic E-state index is 6.17. The van der Waals surface area contributed by atoms with Gasteiger partial charge in [0.2, 0.25) is 0 Å². The van der Waals surface area contributed by atoms with Gasteiger partial charge in [0.15, 0.2) is 17.5 Å². The van der Waals surface area contributed by atoms with Crippen LogP contribution in [-0.2, 0) is 0 Å². The number of hydrogen-bond donors (Lipinski definition) is 0. The summed E-state index contributed by atoms with van der Waals surface area (Å²) in [5.74, 6) is 1.88. The predicted octanol–water partition coefficient (Wildman–Crippen LogP) is 12.4. The molecule has 0 spiro atoms. The second kappa shape index (κ2) is 11.9. The van der Waals surface area contributed by atoms with E-state index < -0.39 is 0 Å². The van der Waals surface area contributed by atoms with Crippen LogP contribution in [-0.4, -0.2) is 15.0 Å². The number of para-hydroxylation sites is 1. The quantitative estimate of drug-likeness (QED) is 0.186. The average Bonchev–Trinajstić information content (AvgIpc) is 3.57. The maximum Gasteiger partial charge on any atom is 0.164 e. The van der Waals surface area contributed by atoms with Crippen molar-refractivity contribution in [3.05, 3.63) is 176 Å². The molecule has 0 atom stereocenters. The molecule has 51 heavy (non-hydrogen) atoms. The molecule has 0 aliphatic carbocycles. The van der Waals surface area contributed by atoms with Crippen LogP contribution in [0.4, 0.5) is 0 Å². The van der Waals surface area contributed by atoms with Crippen LogP contribution in [0.1, 0.15) is 0 Å². The molecule has 4 nitrogen and oxygen atoms in total. The molecule has 0 fully saturated rings. The summed E-state index contributed by atoms with van der Waals surface area (Å²) in [5, 5.41) is 6.71. The van der Waals surface area contributed by atoms with Gasteiger partial charge < -0.3 is 4.42 Å². The van der Waals surface area contributed by atoms with Gasteiger partial charge in [0.05, 0.1) is 0 Å². The fourth-order valence-electron chi connectivity index (χ4n) is 7.11. The molecule has 0 saturated carbocycles. The largest absolute Gasteiger partial charge is 0.456 e. The van der Waals surface area contributed by atoms with Crippen molar-refractivity contribution < 1.29 is 4.42 Å². The van der Waals surface area contributed by atoms with Crippen molar-refractivity contribution in [2.45, 2.75) is 0 Å². The second-order valence-corrected chi connectivity index (χ2v) is 12.9. The van der Waals surface area contributed by atoms with Gasteiger partial charge in [0, 0.05) is 27.5 Å². The first-order valence-electron chi connectivity index (χ1n) is 17.1. The third-order valence-electron chi connectivity index (χ3n) is 9.70. The number of aromatic nitrogens is 3. The van der Waals surface area contributed by atoms with Crippen LogP contribution >= 0.6 is 0 Å². The fourth-order valence-corrected chi connectivity index (χ4v) is 7.11. The second-order valence-electron chi connectivity index (χ2n) is 12.9. The molecule has 0 N–H and O–H groups in total. The molecule has 4 heteroatoms. The summed E-state index contributed by atoms with van der Waals surface area (Å²) in [4.78, 5) is 15.3. The van der Waals surface area contributed by atoms with Gasteiger partial charge in [-0.05, 0) is 74.1 Å². The summed E-state index contributed by atoms with van der Waals surface area (Å²) < 4.78 is 6.17. The molecule has 2 heterocycles. The molecule has 0 aliphatic heterocycles. The van der Waals surface area contributed by atoms with Crippen molar-refractivity contribution in [1.82, 2.24) is 15.0 Å². The van der Waals surface area contributed by atoms with Gasteiger partial charge in [-0.25, -0.2) is 15.0 Å². The fraction of sp³-hybridized carbons (Fsp3) is 0. The molecular weight excluding hydrogens is 623 g/mol. The maximum atomic E-state index is 6.17. The number of furan rings is 1. The van der Waals surface area contributed by atoms with Crippen molar-refractivity contribution in [2.75, 3.05) is 0 Å². The Balaban J connectivity index is 1.12. The number of hydrogen-bond acceptors (Lipinski definition) is 4. The Morgan fingerprint density at radius 3 is 1.65 bits per heavy atom. The molecule has 10 aromatic rings. The number of benzene rings is 8. The summed E-state index contributed by atoms with van der Waals surface area (Å²) in [6.45, 7) is 0. The van der Waals surface area contributed by atoms with E-state index >= 15 is 0 Å². The minimum absolute atomic E-state index is 0.624. The van der Waals surface area contributed by atoms with Crippen LogP contribution in [0.3, 0.4) is 0 Å². The van der Waals surface area contributed by atoms with E-state index in [4.69, 9.17) is 19.4 Å². The topological polar surface area (TPSA) is 51.8 Å². The molecule has 0 saturated heterocycles. The summed E-state index contributed by atoms with van der Waals surface area (Å²) in [6.07, 6.45) is 0. The lowest BCUT2D eigenvalue weighted by Crippen LogP contribution is -2.00. The molecule has 0 unspecified atom stereocenters. The standard InChI is InChI=1S/C47H29N3O/c1-3-10-30(11-4-1)31-18-20-33(21-19-31)45-48-46(36-23-22-34-29-44-42(28-38(34)27-36)41-15-7-8-17-43(41)51-44)50-47(49-45)37-24-25-40-35(26-37)14-9-16-39(40)32-12-5-2-6-13-32/h1-29H. The van der Waals surface area contributed by atoms with Crippen LogP contribution in [0.15, 0.2) is 180 Å². The zero-order valence-electron chi connectivity index (χ0n) is 27.5. The van der Waals surface area contributed by atoms with Crippen LogP contribution in [0, 0.1) is 0 Å². The van der Waals surface area contributed by atoms with Gasteiger partial charge in [0.25, 0.3) is 0 Å². The summed E-state index contributed by atoms with van der Waals surface area (Å²) in [6, 6.07) is 61.2. The van der Waals surface area contributed by atoms with Crippen LogP contribution in [0.5, 0.6) is 0 Å². The zero-order valence-corrected chi connectivity index (χ0v) is 27.5. The van der Waals surface area contributed by atoms with Gasteiger partial charge in [-0.1, -0.05) is 146 Å². The van der Waals surface area contributed by atoms with Gasteiger partial charge in [-0.15, -0.1) is 0 Å². The number of nitrogens with zero attached hydrogens (tertiary/aromatic N) is 3. The summed E-state index contributed by atoms with van der Waals surface area (Å²) >= 11 is 0. The van der Waals surface area contributed by atoms with E-state index in [0.717, 1.165) is 60.4 Å². The van der Waals surface area contributed by atoms with Gasteiger partial charge in [0.1, 0.15) is 11.2 Å². The molecule has 10 rings (SSSR count). The van der Waals surface area contributed by atoms with E-state index in [2.05, 4.69) is 146 Å². The molecule has 0 aliphatic rings. The Morgan fingerprint density at radius 1 is 0.294 bits per heavy atom. The van der Waals surface area contributed by atoms with E-state index in [0.29, 0.717) is 17.5 Å². The summed E-state index contributed by atoms with van der Waals surface area (Å²) in [7, 11) is 0. The summed E-state index contributed by atoms with van der Waals surface area (Å²) in [5.41, 5.74) is 9.26. The van der Waals surface area contributed by atoms with Crippen molar-refractivity contribution in [3.8, 4) is 56.4 Å². The first-order valence-corrected chi connectivity index (χ1v) is 17.1. The molecule has 0 amide bonds. The Bertz CT molecular complexity index is 2900. The normalized spacial score (nSPS) is 11.5. The zero-order chi connectivity index (χ0) is 33.7. The highest BCUT2D eigenvalue weighted by atomic mass is 16.3. The lowest BCUT2D eigenvalue weighted by atomic mass is 9.97. The average molecular weight is 652 g/mol. The lowest BCUT2D eigenvalue weighted by Gasteiger charge is -2.11. The molecule has 2 aromatic heterocycles. The van der Waals surface area contributed by atoms with Crippen LogP contribution < -0.4 is 0 Å². The van der Waals surface area contributed by atoms with Gasteiger partial charge in [-0.2, -0.15) is 0 Å². The Kier molecular flexibility index (Phi) is 6.78. The minimum atomic E-state index is 0.624. The van der Waals surface area contributed by atoms with Crippen molar-refractivity contribution in [3.63, 3.8) is 0 Å².